The van der Waals surface area contributed by atoms with E-state index in [2.05, 4.69) is 73.3 Å². The predicted octanol–water partition coefficient (Wildman–Crippen LogP) is 6.02. The van der Waals surface area contributed by atoms with Gasteiger partial charge in [0, 0.05) is 160 Å². The van der Waals surface area contributed by atoms with Crippen LogP contribution in [0.25, 0.3) is 0 Å². The third kappa shape index (κ3) is 36.3. The number of esters is 1. The van der Waals surface area contributed by atoms with E-state index in [4.69, 9.17) is 27.9 Å². The van der Waals surface area contributed by atoms with Gasteiger partial charge >= 0.3 is 12.1 Å². The number of aromatic nitrogens is 2. The zero-order chi connectivity index (χ0) is 107. The number of nitrogens with one attached hydrogen (secondary N) is 5. The second-order valence-corrected chi connectivity index (χ2v) is 37.9. The van der Waals surface area contributed by atoms with Crippen LogP contribution in [-0.4, -0.2) is 316 Å². The van der Waals surface area contributed by atoms with Crippen molar-refractivity contribution in [1.82, 2.24) is 66.0 Å². The quantitative estimate of drug-likeness (QED) is 0.0202. The molecule has 2 aromatic heterocycles. The molecular formula is C104H123Br2Cl2F3N14O22. The molecule has 0 radical (unpaired) electrons. The van der Waals surface area contributed by atoms with Crippen molar-refractivity contribution >= 4 is 126 Å². The Labute approximate surface area is 875 Å². The summed E-state index contributed by atoms with van der Waals surface area (Å²) in [4.78, 5) is 155. The topological polar surface area (TPSA) is 508 Å². The molecule has 43 heteroatoms. The number of halogens is 7. The lowest BCUT2D eigenvalue weighted by molar-refractivity contribution is -0.155. The first-order chi connectivity index (χ1) is 70.0. The number of carbonyl (C=O) groups is 11. The average molecular weight is 2210 g/mol. The van der Waals surface area contributed by atoms with Crippen LogP contribution in [0.4, 0.5) is 18.9 Å². The van der Waals surface area contributed by atoms with Crippen molar-refractivity contribution < 1.29 is 122 Å². The Morgan fingerprint density at radius 2 is 0.891 bits per heavy atom. The molecule has 14 atom stereocenters. The lowest BCUT2D eigenvalue weighted by Crippen LogP contribution is -2.55. The van der Waals surface area contributed by atoms with Gasteiger partial charge in [-0.05, 0) is 189 Å². The van der Waals surface area contributed by atoms with E-state index < -0.39 is 144 Å². The number of methoxy groups -OCH3 is 1. The van der Waals surface area contributed by atoms with Gasteiger partial charge in [0.25, 0.3) is 59.1 Å². The molecule has 0 spiro atoms. The molecular weight excluding hydrogens is 2080 g/mol. The predicted molar refractivity (Wildman–Crippen MR) is 545 cm³/mol. The summed E-state index contributed by atoms with van der Waals surface area (Å²) in [6.45, 7) is 9.63. The van der Waals surface area contributed by atoms with E-state index in [1.54, 1.807) is 110 Å². The summed E-state index contributed by atoms with van der Waals surface area (Å²) >= 11 is 18.5. The number of fused-ring (bicyclic) bond motifs is 1. The Hall–Kier alpha value is -12.3. The highest BCUT2D eigenvalue weighted by Crippen LogP contribution is 2.31. The molecule has 0 saturated carbocycles. The van der Waals surface area contributed by atoms with Gasteiger partial charge in [0.2, 0.25) is 0 Å². The number of aliphatic hydroxyl groups is 10. The standard InChI is InChI=1S/C22H23ClF3N3O4.C22H31N3O6.C21H23BrN2O4.C20H24BrN3O4.C19H22ClN3O4/c23-16-2-1-3-17(12-16)28-8-10-29(11-9-28)21(33)19(31)18(30)20(32)27-13-14-4-6-15(7-5-14)22(24,25)26;1-31-22(30)17(15-8-3-2-4-9-15)23-20(28)18(26)19(27)21(29)25-13-7-10-16(25)14-24-11-5-6-12-24;1-13(14-6-8-17(22)9-7-14)23-20(27)18(25)19(26)21(28)24-11-10-15-4-2-3-5-16(15)12-24;1-13(14-6-8-15(21)9-7-14)23-19(27)17(25)18(26)20(28)24(2)12-10-16-5-3-4-11-22-16;1-23(11-9-15-4-2-3-10-21-15)19(27)17(25)16(24)18(26)22-12-13-5-7-14(20)8-6-13/h1-7,12,18-19,30-31H,8-11,13H2,(H,27,32);2-4,8-9,16-19,26-27H,5-7,10-14H2,1H3,(H,23,28);2-9,13,18-19,25-26H,10-12H2,1H3,(H,23,27);3-9,11,13,17-18,25-26H,10,12H2,1-2H3,(H,23,27);2-8,10,16-17,24-25H,9,11-12H2,1H3,(H,22,26)/t18-,19-;16-,17+,18+,19+;13-,18+,19+;13-,17+,18+;16-,17-/m10001/s1. The number of likely N-dealkylation sites (tertiary alicyclic amines) is 2. The summed E-state index contributed by atoms with van der Waals surface area (Å²) < 4.78 is 44.4. The largest absolute Gasteiger partial charge is 0.467 e. The number of carbonyl (C=O) groups excluding carboxylic acids is 11. The second kappa shape index (κ2) is 58.4. The van der Waals surface area contributed by atoms with E-state index in [0.717, 1.165) is 106 Å². The highest BCUT2D eigenvalue weighted by Gasteiger charge is 2.43. The van der Waals surface area contributed by atoms with Crippen molar-refractivity contribution in [2.24, 2.45) is 0 Å². The first-order valence-electron chi connectivity index (χ1n) is 47.3. The van der Waals surface area contributed by atoms with Crippen LogP contribution < -0.4 is 31.5 Å². The number of nitrogens with zero attached hydrogens (tertiary/aromatic N) is 9. The summed E-state index contributed by atoms with van der Waals surface area (Å²) in [6.07, 6.45) is -14.5. The number of piperazine rings is 1. The number of ether oxygens (including phenoxy) is 1. The van der Waals surface area contributed by atoms with Crippen LogP contribution in [0.3, 0.4) is 0 Å². The maximum absolute atomic E-state index is 12.8. The van der Waals surface area contributed by atoms with Gasteiger partial charge in [-0.25, -0.2) is 4.79 Å². The SMILES string of the molecule is CN(CCc1ccccn1)C(=O)[C@H](O)[C@@H](O)C(=O)NCc1ccc(Cl)cc1.COC(=O)[C@H](NC(=O)[C@H](O)[C@@H](O)C(=O)N1CCC[C@H]1CN1CCCC1)c1ccccc1.C[C@H](NC(=O)[C@H](O)[C@@H](O)C(=O)N(C)CCc1ccccn1)c1ccc(Br)cc1.C[C@H](NC(=O)[C@H](O)[C@@H](O)C(=O)N1CCc2ccccc2C1)c1ccc(Br)cc1.O=C(NCc1ccc(C(F)(F)F)cc1)[C@H](O)[C@@H](O)C(=O)N1CCN(c2cccc(Cl)c2)CC1. The number of pyridine rings is 2. The molecule has 7 aromatic carbocycles. The first-order valence-corrected chi connectivity index (χ1v) is 49.7. The highest BCUT2D eigenvalue weighted by molar-refractivity contribution is 9.10. The van der Waals surface area contributed by atoms with Gasteiger partial charge < -0.3 is 117 Å². The summed E-state index contributed by atoms with van der Waals surface area (Å²) in [6, 6.07) is 58.1. The molecule has 0 unspecified atom stereocenters. The number of anilines is 1. The lowest BCUT2D eigenvalue weighted by atomic mass is 9.99. The van der Waals surface area contributed by atoms with Crippen LogP contribution in [0.5, 0.6) is 0 Å². The fourth-order valence-electron chi connectivity index (χ4n) is 15.9. The molecule has 0 bridgehead atoms. The number of rotatable bonds is 35. The Morgan fingerprint density at radius 3 is 1.37 bits per heavy atom. The molecule has 3 fully saturated rings. The third-order valence-corrected chi connectivity index (χ3v) is 26.2. The number of likely N-dealkylation sites (N-methyl/N-ethyl adjacent to an activating group) is 2. The van der Waals surface area contributed by atoms with Gasteiger partial charge in [-0.1, -0.05) is 176 Å². The molecule has 4 aliphatic rings. The molecule has 790 valence electrons. The smallest absolute Gasteiger partial charge is 0.416 e. The van der Waals surface area contributed by atoms with Crippen molar-refractivity contribution in [3.63, 3.8) is 0 Å². The van der Waals surface area contributed by atoms with E-state index in [9.17, 15) is 117 Å². The Morgan fingerprint density at radius 1 is 0.449 bits per heavy atom. The van der Waals surface area contributed by atoms with Crippen molar-refractivity contribution in [2.75, 3.05) is 98.1 Å². The number of aliphatic hydroxyl groups excluding tert-OH is 10. The van der Waals surface area contributed by atoms with Crippen LogP contribution in [0, 0.1) is 0 Å². The molecule has 15 N–H and O–H groups in total. The second-order valence-electron chi connectivity index (χ2n) is 35.2. The van der Waals surface area contributed by atoms with Crippen LogP contribution >= 0.6 is 55.1 Å². The summed E-state index contributed by atoms with van der Waals surface area (Å²) in [5.74, 6) is -8.73. The van der Waals surface area contributed by atoms with E-state index in [1.807, 2.05) is 114 Å². The molecule has 3 saturated heterocycles. The monoisotopic (exact) mass is 2200 g/mol. The van der Waals surface area contributed by atoms with E-state index in [-0.39, 0.29) is 44.3 Å². The Kier molecular flexibility index (Phi) is 47.0. The molecule has 10 amide bonds. The fraction of sp³-hybridized carbons (Fsp3) is 0.394. The van der Waals surface area contributed by atoms with Gasteiger partial charge in [-0.2, -0.15) is 13.2 Å². The van der Waals surface area contributed by atoms with E-state index in [1.165, 1.54) is 58.5 Å². The minimum absolute atomic E-state index is 0.0392. The van der Waals surface area contributed by atoms with Crippen LogP contribution in [-0.2, 0) is 103 Å². The fourth-order valence-corrected chi connectivity index (χ4v) is 16.8. The van der Waals surface area contributed by atoms with Gasteiger partial charge in [0.05, 0.1) is 24.8 Å². The minimum Gasteiger partial charge on any atom is -0.467 e. The maximum atomic E-state index is 12.8. The van der Waals surface area contributed by atoms with E-state index in [0.29, 0.717) is 86.2 Å². The van der Waals surface area contributed by atoms with Crippen molar-refractivity contribution in [3.8, 4) is 0 Å². The van der Waals surface area contributed by atoms with Crippen LogP contribution in [0.1, 0.15) is 114 Å². The zero-order valence-electron chi connectivity index (χ0n) is 81.3. The van der Waals surface area contributed by atoms with Crippen molar-refractivity contribution in [1.29, 1.82) is 0 Å². The lowest BCUT2D eigenvalue weighted by Gasteiger charge is -2.37. The normalized spacial score (nSPS) is 16.5. The molecule has 0 aliphatic carbocycles. The molecule has 4 aliphatic heterocycles. The number of alkyl halides is 3. The molecule has 6 heterocycles. The van der Waals surface area contributed by atoms with Crippen molar-refractivity contribution in [2.45, 2.75) is 170 Å². The number of hydrogen-bond acceptors (Lipinski definition) is 26. The van der Waals surface area contributed by atoms with Gasteiger partial charge in [0.15, 0.2) is 67.1 Å². The van der Waals surface area contributed by atoms with Gasteiger partial charge in [-0.15, -0.1) is 0 Å². The zero-order valence-corrected chi connectivity index (χ0v) is 86.0. The number of amides is 10. The summed E-state index contributed by atoms with van der Waals surface area (Å²) in [7, 11) is 4.18. The molecule has 36 nitrogen and oxygen atoms in total. The number of benzene rings is 7. The highest BCUT2D eigenvalue weighted by atomic mass is 79.9. The molecule has 13 rings (SSSR count). The van der Waals surface area contributed by atoms with Gasteiger partial charge in [0.1, 0.15) is 0 Å². The average Bonchev–Trinajstić information content (AvgIpc) is 1.12. The number of hydrogen-bond donors (Lipinski definition) is 15. The van der Waals surface area contributed by atoms with E-state index >= 15 is 0 Å². The Balaban J connectivity index is 0.000000205. The Bertz CT molecular complexity index is 5770. The molecule has 9 aromatic rings. The molecule has 147 heavy (non-hydrogen) atoms. The minimum atomic E-state index is -4.47. The summed E-state index contributed by atoms with van der Waals surface area (Å²) in [5, 5.41) is 115. The third-order valence-electron chi connectivity index (χ3n) is 24.7. The van der Waals surface area contributed by atoms with Crippen LogP contribution in [0.15, 0.2) is 234 Å². The van der Waals surface area contributed by atoms with Crippen LogP contribution in [0.2, 0.25) is 10.0 Å². The van der Waals surface area contributed by atoms with Gasteiger partial charge in [-0.3, -0.25) is 57.9 Å². The summed E-state index contributed by atoms with van der Waals surface area (Å²) in [5.41, 5.74) is 7.13. The first kappa shape index (κ1) is 118. The van der Waals surface area contributed by atoms with Crippen molar-refractivity contribution in [3.05, 3.63) is 300 Å². The maximum Gasteiger partial charge on any atom is 0.416 e.